The molecule has 1 aliphatic rings. The predicted octanol–water partition coefficient (Wildman–Crippen LogP) is 2.25. The van der Waals surface area contributed by atoms with Crippen LogP contribution in [0, 0.1) is 12.8 Å². The minimum Gasteiger partial charge on any atom is -0.388 e. The van der Waals surface area contributed by atoms with E-state index in [1.54, 1.807) is 4.80 Å². The van der Waals surface area contributed by atoms with Gasteiger partial charge in [-0.05, 0) is 62.8 Å². The second-order valence-electron chi connectivity index (χ2n) is 8.36. The second-order valence-corrected chi connectivity index (χ2v) is 8.36. The normalized spacial score (nSPS) is 17.1. The van der Waals surface area contributed by atoms with E-state index in [9.17, 15) is 9.90 Å². The van der Waals surface area contributed by atoms with Crippen LogP contribution in [0.3, 0.4) is 0 Å². The number of hydrogen-bond acceptors (Lipinski definition) is 5. The number of carbonyl (C=O) groups excluding carboxylic acids is 1. The molecule has 0 radical (unpaired) electrons. The van der Waals surface area contributed by atoms with Crippen LogP contribution in [0.25, 0.3) is 0 Å². The SMILES string of the molecule is Cc1ccccc1C(O)C1CCN(C(=O)Cc2nnn(C(C)(C)C)n2)CC1. The maximum atomic E-state index is 12.6. The molecule has 0 spiro atoms. The molecular weight excluding hydrogens is 342 g/mol. The van der Waals surface area contributed by atoms with Crippen LogP contribution in [0.15, 0.2) is 24.3 Å². The fourth-order valence-corrected chi connectivity index (χ4v) is 3.48. The van der Waals surface area contributed by atoms with Gasteiger partial charge in [-0.2, -0.15) is 4.80 Å². The zero-order valence-electron chi connectivity index (χ0n) is 16.6. The van der Waals surface area contributed by atoms with Crippen molar-refractivity contribution in [3.63, 3.8) is 0 Å². The lowest BCUT2D eigenvalue weighted by Gasteiger charge is -2.34. The summed E-state index contributed by atoms with van der Waals surface area (Å²) in [6.07, 6.45) is 1.28. The minimum absolute atomic E-state index is 0.0206. The van der Waals surface area contributed by atoms with Crippen molar-refractivity contribution in [3.8, 4) is 0 Å². The number of piperidine rings is 1. The van der Waals surface area contributed by atoms with E-state index >= 15 is 0 Å². The van der Waals surface area contributed by atoms with Crippen molar-refractivity contribution < 1.29 is 9.90 Å². The number of aliphatic hydroxyl groups is 1. The summed E-state index contributed by atoms with van der Waals surface area (Å²) in [5.74, 6) is 0.652. The number of aryl methyl sites for hydroxylation is 1. The van der Waals surface area contributed by atoms with E-state index in [-0.39, 0.29) is 23.8 Å². The van der Waals surface area contributed by atoms with Gasteiger partial charge < -0.3 is 10.0 Å². The molecule has 0 aliphatic carbocycles. The summed E-state index contributed by atoms with van der Waals surface area (Å²) in [6.45, 7) is 9.30. The first-order valence-corrected chi connectivity index (χ1v) is 9.56. The summed E-state index contributed by atoms with van der Waals surface area (Å²) >= 11 is 0. The van der Waals surface area contributed by atoms with Gasteiger partial charge in [-0.1, -0.05) is 24.3 Å². The lowest BCUT2D eigenvalue weighted by molar-refractivity contribution is -0.132. The van der Waals surface area contributed by atoms with Crippen molar-refractivity contribution in [2.45, 2.75) is 58.6 Å². The van der Waals surface area contributed by atoms with Gasteiger partial charge in [0, 0.05) is 13.1 Å². The van der Waals surface area contributed by atoms with E-state index in [2.05, 4.69) is 15.4 Å². The average molecular weight is 371 g/mol. The molecular formula is C20H29N5O2. The van der Waals surface area contributed by atoms with Crippen LogP contribution in [0.4, 0.5) is 0 Å². The van der Waals surface area contributed by atoms with E-state index in [0.717, 1.165) is 24.0 Å². The molecule has 7 heteroatoms. The quantitative estimate of drug-likeness (QED) is 0.891. The summed E-state index contributed by atoms with van der Waals surface area (Å²) in [5.41, 5.74) is 1.85. The number of benzene rings is 1. The zero-order chi connectivity index (χ0) is 19.6. The Bertz CT molecular complexity index is 788. The Labute approximate surface area is 160 Å². The highest BCUT2D eigenvalue weighted by Crippen LogP contribution is 2.32. The summed E-state index contributed by atoms with van der Waals surface area (Å²) < 4.78 is 0. The van der Waals surface area contributed by atoms with Gasteiger partial charge in [-0.25, -0.2) is 0 Å². The molecule has 0 saturated carbocycles. The van der Waals surface area contributed by atoms with Gasteiger partial charge in [0.15, 0.2) is 5.82 Å². The molecule has 1 aliphatic heterocycles. The molecule has 1 aromatic heterocycles. The highest BCUT2D eigenvalue weighted by atomic mass is 16.3. The molecule has 0 bridgehead atoms. The van der Waals surface area contributed by atoms with Crippen LogP contribution in [0.5, 0.6) is 0 Å². The van der Waals surface area contributed by atoms with Crippen molar-refractivity contribution in [2.75, 3.05) is 13.1 Å². The molecule has 2 aromatic rings. The van der Waals surface area contributed by atoms with Crippen molar-refractivity contribution >= 4 is 5.91 Å². The van der Waals surface area contributed by atoms with E-state index in [4.69, 9.17) is 0 Å². The fraction of sp³-hybridized carbons (Fsp3) is 0.600. The van der Waals surface area contributed by atoms with Crippen LogP contribution in [-0.4, -0.2) is 49.2 Å². The van der Waals surface area contributed by atoms with E-state index in [1.807, 2.05) is 56.9 Å². The predicted molar refractivity (Wildman–Crippen MR) is 102 cm³/mol. The van der Waals surface area contributed by atoms with Crippen LogP contribution in [-0.2, 0) is 16.8 Å². The van der Waals surface area contributed by atoms with Crippen LogP contribution >= 0.6 is 0 Å². The van der Waals surface area contributed by atoms with Gasteiger partial charge in [0.2, 0.25) is 5.91 Å². The first-order valence-electron chi connectivity index (χ1n) is 9.56. The Hall–Kier alpha value is -2.28. The fourth-order valence-electron chi connectivity index (χ4n) is 3.48. The van der Waals surface area contributed by atoms with Gasteiger partial charge in [0.05, 0.1) is 18.1 Å². The monoisotopic (exact) mass is 371 g/mol. The van der Waals surface area contributed by atoms with Crippen LogP contribution in [0.2, 0.25) is 0 Å². The highest BCUT2D eigenvalue weighted by molar-refractivity contribution is 5.78. The Morgan fingerprint density at radius 1 is 1.26 bits per heavy atom. The highest BCUT2D eigenvalue weighted by Gasteiger charge is 2.29. The first-order chi connectivity index (χ1) is 12.8. The van der Waals surface area contributed by atoms with E-state index in [1.165, 1.54) is 0 Å². The van der Waals surface area contributed by atoms with Crippen molar-refractivity contribution in [1.82, 2.24) is 25.1 Å². The van der Waals surface area contributed by atoms with Gasteiger partial charge in [0.25, 0.3) is 0 Å². The lowest BCUT2D eigenvalue weighted by atomic mass is 9.86. The largest absolute Gasteiger partial charge is 0.388 e. The first kappa shape index (κ1) is 19.5. The number of aliphatic hydroxyl groups excluding tert-OH is 1. The molecule has 1 fully saturated rings. The molecule has 7 nitrogen and oxygen atoms in total. The van der Waals surface area contributed by atoms with Gasteiger partial charge in [-0.3, -0.25) is 4.79 Å². The number of nitrogens with zero attached hydrogens (tertiary/aromatic N) is 5. The number of hydrogen-bond donors (Lipinski definition) is 1. The standard InChI is InChI=1S/C20H29N5O2/c1-14-7-5-6-8-16(14)19(27)15-9-11-24(12-10-15)18(26)13-17-21-23-25(22-17)20(2,3)4/h5-8,15,19,27H,9-13H2,1-4H3. The molecule has 1 unspecified atom stereocenters. The third kappa shape index (κ3) is 4.53. The second kappa shape index (κ2) is 7.76. The maximum Gasteiger partial charge on any atom is 0.230 e. The van der Waals surface area contributed by atoms with Crippen molar-refractivity contribution in [1.29, 1.82) is 0 Å². The Morgan fingerprint density at radius 3 is 2.52 bits per heavy atom. The molecule has 2 heterocycles. The van der Waals surface area contributed by atoms with E-state index in [0.29, 0.717) is 18.9 Å². The summed E-state index contributed by atoms with van der Waals surface area (Å²) in [4.78, 5) is 16.0. The third-order valence-electron chi connectivity index (χ3n) is 5.21. The number of aromatic nitrogens is 4. The third-order valence-corrected chi connectivity index (χ3v) is 5.21. The smallest absolute Gasteiger partial charge is 0.230 e. The summed E-state index contributed by atoms with van der Waals surface area (Å²) in [7, 11) is 0. The average Bonchev–Trinajstić information content (AvgIpc) is 3.10. The topological polar surface area (TPSA) is 84.1 Å². The molecule has 1 N–H and O–H groups in total. The van der Waals surface area contributed by atoms with Crippen molar-refractivity contribution in [2.24, 2.45) is 5.92 Å². The lowest BCUT2D eigenvalue weighted by Crippen LogP contribution is -2.40. The zero-order valence-corrected chi connectivity index (χ0v) is 16.6. The number of tetrazole rings is 1. The van der Waals surface area contributed by atoms with E-state index < -0.39 is 6.10 Å². The van der Waals surface area contributed by atoms with Gasteiger partial charge in [-0.15, -0.1) is 10.2 Å². The summed E-state index contributed by atoms with van der Waals surface area (Å²) in [5, 5.41) is 23.1. The number of rotatable bonds is 4. The molecule has 27 heavy (non-hydrogen) atoms. The Morgan fingerprint density at radius 2 is 1.93 bits per heavy atom. The van der Waals surface area contributed by atoms with Crippen LogP contribution < -0.4 is 0 Å². The number of amides is 1. The van der Waals surface area contributed by atoms with Gasteiger partial charge >= 0.3 is 0 Å². The maximum absolute atomic E-state index is 12.6. The molecule has 1 atom stereocenters. The number of carbonyl (C=O) groups is 1. The van der Waals surface area contributed by atoms with Gasteiger partial charge in [0.1, 0.15) is 0 Å². The molecule has 146 valence electrons. The molecule has 1 saturated heterocycles. The molecule has 1 amide bonds. The summed E-state index contributed by atoms with van der Waals surface area (Å²) in [6, 6.07) is 7.95. The van der Waals surface area contributed by atoms with Crippen LogP contribution in [0.1, 0.15) is 56.7 Å². The molecule has 3 rings (SSSR count). The molecule has 1 aromatic carbocycles. The minimum atomic E-state index is -0.475. The Balaban J connectivity index is 1.55. The van der Waals surface area contributed by atoms with Crippen molar-refractivity contribution in [3.05, 3.63) is 41.2 Å². The number of likely N-dealkylation sites (tertiary alicyclic amines) is 1. The Kier molecular flexibility index (Phi) is 5.60.